The first-order chi connectivity index (χ1) is 7.27. The van der Waals surface area contributed by atoms with E-state index in [0.29, 0.717) is 0 Å². The van der Waals surface area contributed by atoms with Crippen LogP contribution in [0.25, 0.3) is 11.1 Å². The topological polar surface area (TPSA) is 27.1 Å². The van der Waals surface area contributed by atoms with Crippen LogP contribution in [0, 0.1) is 0 Å². The summed E-state index contributed by atoms with van der Waals surface area (Å²) in [6.07, 6.45) is 3.88. The molecule has 0 aliphatic carbocycles. The summed E-state index contributed by atoms with van der Waals surface area (Å²) in [6, 6.07) is 10.2. The van der Waals surface area contributed by atoms with Crippen LogP contribution in [0.15, 0.2) is 42.7 Å². The van der Waals surface area contributed by atoms with Crippen LogP contribution in [0.5, 0.6) is 0 Å². The number of aromatic nitrogens is 2. The molecule has 0 spiro atoms. The number of ether oxygens (including phenoxy) is 1. The van der Waals surface area contributed by atoms with E-state index in [1.54, 1.807) is 14.2 Å². The second-order valence-electron chi connectivity index (χ2n) is 3.18. The fraction of sp³-hybridized carbons (Fsp3) is 0.250. The van der Waals surface area contributed by atoms with E-state index in [2.05, 4.69) is 22.0 Å². The van der Waals surface area contributed by atoms with Gasteiger partial charge in [-0.2, -0.15) is 5.10 Å². The van der Waals surface area contributed by atoms with Crippen molar-refractivity contribution in [2.45, 2.75) is 0 Å². The minimum Gasteiger partial charge on any atom is -0.388 e. The van der Waals surface area contributed by atoms with Gasteiger partial charge < -0.3 is 4.74 Å². The molecule has 1 aromatic heterocycles. The smallest absolute Gasteiger partial charge is 0.0568 e. The van der Waals surface area contributed by atoms with Gasteiger partial charge >= 0.3 is 0 Å². The first-order valence-electron chi connectivity index (χ1n) is 4.72. The van der Waals surface area contributed by atoms with Crippen molar-refractivity contribution in [1.29, 1.82) is 0 Å². The first kappa shape index (κ1) is 11.5. The average Bonchev–Trinajstić information content (AvgIpc) is 2.67. The summed E-state index contributed by atoms with van der Waals surface area (Å²) in [5.41, 5.74) is 2.38. The average molecular weight is 204 g/mol. The largest absolute Gasteiger partial charge is 0.388 e. The lowest BCUT2D eigenvalue weighted by molar-refractivity contribution is 0.277. The fourth-order valence-electron chi connectivity index (χ4n) is 1.20. The van der Waals surface area contributed by atoms with Gasteiger partial charge in [-0.05, 0) is 5.56 Å². The number of rotatable bonds is 1. The minimum absolute atomic E-state index is 1.16. The van der Waals surface area contributed by atoms with Crippen molar-refractivity contribution < 1.29 is 4.74 Å². The second-order valence-corrected chi connectivity index (χ2v) is 3.18. The summed E-state index contributed by atoms with van der Waals surface area (Å²) < 4.78 is 6.06. The van der Waals surface area contributed by atoms with E-state index in [4.69, 9.17) is 0 Å². The third-order valence-electron chi connectivity index (χ3n) is 1.81. The van der Waals surface area contributed by atoms with Crippen LogP contribution in [0.1, 0.15) is 0 Å². The van der Waals surface area contributed by atoms with Crippen molar-refractivity contribution in [3.05, 3.63) is 42.7 Å². The summed E-state index contributed by atoms with van der Waals surface area (Å²) in [7, 11) is 5.17. The number of methoxy groups -OCH3 is 1. The van der Waals surface area contributed by atoms with E-state index in [1.165, 1.54) is 5.56 Å². The molecular formula is C12H16N2O. The molecule has 0 unspecified atom stereocenters. The van der Waals surface area contributed by atoms with Crippen molar-refractivity contribution in [3.63, 3.8) is 0 Å². The lowest BCUT2D eigenvalue weighted by atomic mass is 10.1. The summed E-state index contributed by atoms with van der Waals surface area (Å²) >= 11 is 0. The van der Waals surface area contributed by atoms with Crippen molar-refractivity contribution >= 4 is 0 Å². The summed E-state index contributed by atoms with van der Waals surface area (Å²) in [4.78, 5) is 0. The molecule has 0 bridgehead atoms. The standard InChI is InChI=1S/C10H10N2.C2H6O/c1-12-8-10(7-11-12)9-5-3-2-4-6-9;1-3-2/h2-8H,1H3;1-2H3. The molecule has 0 saturated carbocycles. The number of benzene rings is 1. The van der Waals surface area contributed by atoms with Crippen LogP contribution in [-0.4, -0.2) is 24.0 Å². The molecule has 0 atom stereocenters. The van der Waals surface area contributed by atoms with Gasteiger partial charge in [0.1, 0.15) is 0 Å². The van der Waals surface area contributed by atoms with Crippen LogP contribution in [0.4, 0.5) is 0 Å². The maximum Gasteiger partial charge on any atom is 0.0568 e. The van der Waals surface area contributed by atoms with E-state index in [9.17, 15) is 0 Å². The third kappa shape index (κ3) is 3.56. The molecule has 0 N–H and O–H groups in total. The summed E-state index contributed by atoms with van der Waals surface area (Å²) in [6.45, 7) is 0. The molecule has 80 valence electrons. The van der Waals surface area contributed by atoms with Gasteiger partial charge in [0.25, 0.3) is 0 Å². The maximum absolute atomic E-state index is 4.25. The Kier molecular flexibility index (Phi) is 4.57. The number of hydrogen-bond donors (Lipinski definition) is 0. The van der Waals surface area contributed by atoms with Crippen LogP contribution in [-0.2, 0) is 11.8 Å². The predicted molar refractivity (Wildman–Crippen MR) is 61.6 cm³/mol. The van der Waals surface area contributed by atoms with Gasteiger partial charge in [0, 0.05) is 33.0 Å². The van der Waals surface area contributed by atoms with Gasteiger partial charge in [-0.3, -0.25) is 4.68 Å². The van der Waals surface area contributed by atoms with Crippen LogP contribution >= 0.6 is 0 Å². The number of aryl methyl sites for hydroxylation is 1. The number of hydrogen-bond acceptors (Lipinski definition) is 2. The molecule has 15 heavy (non-hydrogen) atoms. The lowest BCUT2D eigenvalue weighted by Crippen LogP contribution is -1.83. The molecule has 2 aromatic rings. The van der Waals surface area contributed by atoms with Gasteiger partial charge in [-0.15, -0.1) is 0 Å². The van der Waals surface area contributed by atoms with E-state index in [-0.39, 0.29) is 0 Å². The Morgan fingerprint density at radius 2 is 1.67 bits per heavy atom. The highest BCUT2D eigenvalue weighted by atomic mass is 16.4. The van der Waals surface area contributed by atoms with E-state index < -0.39 is 0 Å². The summed E-state index contributed by atoms with van der Waals surface area (Å²) in [5, 5.41) is 4.11. The highest BCUT2D eigenvalue weighted by Crippen LogP contribution is 2.16. The highest BCUT2D eigenvalue weighted by Gasteiger charge is 1.96. The SMILES string of the molecule is COC.Cn1cc(-c2ccccc2)cn1. The second kappa shape index (κ2) is 5.98. The Labute approximate surface area is 90.3 Å². The monoisotopic (exact) mass is 204 g/mol. The highest BCUT2D eigenvalue weighted by molar-refractivity contribution is 5.61. The molecule has 0 radical (unpaired) electrons. The first-order valence-corrected chi connectivity index (χ1v) is 4.72. The predicted octanol–water partition coefficient (Wildman–Crippen LogP) is 2.35. The van der Waals surface area contributed by atoms with Gasteiger partial charge in [0.15, 0.2) is 0 Å². The molecule has 1 aromatic carbocycles. The van der Waals surface area contributed by atoms with Gasteiger partial charge in [0.05, 0.1) is 6.20 Å². The van der Waals surface area contributed by atoms with E-state index in [0.717, 1.165) is 5.56 Å². The lowest BCUT2D eigenvalue weighted by Gasteiger charge is -1.93. The van der Waals surface area contributed by atoms with Gasteiger partial charge in [-0.25, -0.2) is 0 Å². The Hall–Kier alpha value is -1.61. The molecule has 3 heteroatoms. The molecule has 0 fully saturated rings. The molecule has 1 heterocycles. The Balaban J connectivity index is 0.000000337. The zero-order valence-electron chi connectivity index (χ0n) is 9.34. The Morgan fingerprint density at radius 3 is 2.13 bits per heavy atom. The van der Waals surface area contributed by atoms with Crippen LogP contribution < -0.4 is 0 Å². The van der Waals surface area contributed by atoms with E-state index in [1.807, 2.05) is 42.3 Å². The molecule has 0 aliphatic heterocycles. The molecule has 2 rings (SSSR count). The fourth-order valence-corrected chi connectivity index (χ4v) is 1.20. The van der Waals surface area contributed by atoms with Crippen molar-refractivity contribution in [1.82, 2.24) is 9.78 Å². The summed E-state index contributed by atoms with van der Waals surface area (Å²) in [5.74, 6) is 0. The van der Waals surface area contributed by atoms with Crippen LogP contribution in [0.2, 0.25) is 0 Å². The Bertz CT molecular complexity index is 382. The van der Waals surface area contributed by atoms with Gasteiger partial charge in [-0.1, -0.05) is 30.3 Å². The quantitative estimate of drug-likeness (QED) is 0.713. The minimum atomic E-state index is 1.16. The van der Waals surface area contributed by atoms with Crippen molar-refractivity contribution in [2.75, 3.05) is 14.2 Å². The Morgan fingerprint density at radius 1 is 1.07 bits per heavy atom. The normalized spacial score (nSPS) is 9.27. The third-order valence-corrected chi connectivity index (χ3v) is 1.81. The molecular weight excluding hydrogens is 188 g/mol. The van der Waals surface area contributed by atoms with E-state index >= 15 is 0 Å². The molecule has 0 aliphatic rings. The van der Waals surface area contributed by atoms with Crippen molar-refractivity contribution in [3.8, 4) is 11.1 Å². The number of nitrogens with zero attached hydrogens (tertiary/aromatic N) is 2. The zero-order chi connectivity index (χ0) is 11.1. The van der Waals surface area contributed by atoms with Gasteiger partial charge in [0.2, 0.25) is 0 Å². The van der Waals surface area contributed by atoms with Crippen LogP contribution in [0.3, 0.4) is 0 Å². The molecule has 0 amide bonds. The maximum atomic E-state index is 4.25. The zero-order valence-corrected chi connectivity index (χ0v) is 9.34. The molecule has 3 nitrogen and oxygen atoms in total. The molecule has 0 saturated heterocycles. The van der Waals surface area contributed by atoms with Crippen molar-refractivity contribution in [2.24, 2.45) is 7.05 Å².